The molecule has 1 aromatic carbocycles. The molecule has 2 aromatic rings. The molecule has 0 aliphatic carbocycles. The summed E-state index contributed by atoms with van der Waals surface area (Å²) in [5, 5.41) is 1.02. The average molecular weight is 241 g/mol. The molecular weight excluding hydrogens is 226 g/mol. The molecule has 0 aliphatic rings. The third-order valence-electron chi connectivity index (χ3n) is 2.33. The van der Waals surface area contributed by atoms with E-state index in [1.165, 1.54) is 0 Å². The van der Waals surface area contributed by atoms with E-state index in [4.69, 9.17) is 0 Å². The fraction of sp³-hybridized carbons (Fsp3) is 0.214. The second-order valence-corrected chi connectivity index (χ2v) is 9.85. The first kappa shape index (κ1) is 11.7. The number of benzene rings is 1. The Morgan fingerprint density at radius 2 is 1.88 bits per heavy atom. The molecule has 1 N–H and O–H groups in total. The second kappa shape index (κ2) is 4.23. The Labute approximate surface area is 102 Å². The van der Waals surface area contributed by atoms with E-state index in [1.807, 2.05) is 30.3 Å². The van der Waals surface area contributed by atoms with Gasteiger partial charge in [0.2, 0.25) is 0 Å². The summed E-state index contributed by atoms with van der Waals surface area (Å²) in [5.74, 6) is 3.01. The van der Waals surface area contributed by atoms with E-state index in [-0.39, 0.29) is 5.56 Å². The summed E-state index contributed by atoms with van der Waals surface area (Å²) in [6.07, 6.45) is 0. The fourth-order valence-corrected chi connectivity index (χ4v) is 2.00. The normalized spacial score (nSPS) is 11.0. The minimum atomic E-state index is -1.44. The number of hydrogen-bond donors (Lipinski definition) is 1. The molecule has 0 fully saturated rings. The predicted molar refractivity (Wildman–Crippen MR) is 74.8 cm³/mol. The van der Waals surface area contributed by atoms with Crippen LogP contribution in [0.5, 0.6) is 0 Å². The molecule has 86 valence electrons. The zero-order chi connectivity index (χ0) is 12.5. The first-order valence-corrected chi connectivity index (χ1v) is 9.11. The Balaban J connectivity index is 2.58. The highest BCUT2D eigenvalue weighted by atomic mass is 28.3. The Hall–Kier alpha value is -1.79. The summed E-state index contributed by atoms with van der Waals surface area (Å²) in [6.45, 7) is 6.49. The molecule has 1 heterocycles. The second-order valence-electron chi connectivity index (χ2n) is 5.10. The third-order valence-corrected chi connectivity index (χ3v) is 3.20. The van der Waals surface area contributed by atoms with Gasteiger partial charge in [-0.3, -0.25) is 4.79 Å². The predicted octanol–water partition coefficient (Wildman–Crippen LogP) is 2.76. The molecule has 17 heavy (non-hydrogen) atoms. The van der Waals surface area contributed by atoms with Crippen LogP contribution in [0.1, 0.15) is 5.56 Å². The highest BCUT2D eigenvalue weighted by molar-refractivity contribution is 6.83. The molecular formula is C14H15NOSi. The van der Waals surface area contributed by atoms with Crippen molar-refractivity contribution in [1.82, 2.24) is 4.98 Å². The quantitative estimate of drug-likeness (QED) is 0.558. The number of pyridine rings is 1. The SMILES string of the molecule is C[Si](C)(C)C#Cc1cc2ccccc2[nH]c1=O. The molecule has 2 nitrogen and oxygen atoms in total. The van der Waals surface area contributed by atoms with Crippen LogP contribution in [0, 0.1) is 11.5 Å². The molecule has 0 aliphatic heterocycles. The van der Waals surface area contributed by atoms with Gasteiger partial charge in [0.05, 0.1) is 5.56 Å². The Bertz CT molecular complexity index is 668. The first-order chi connectivity index (χ1) is 7.96. The van der Waals surface area contributed by atoms with Crippen molar-refractivity contribution in [3.63, 3.8) is 0 Å². The van der Waals surface area contributed by atoms with E-state index < -0.39 is 8.07 Å². The molecule has 3 heteroatoms. The smallest absolute Gasteiger partial charge is 0.264 e. The number of hydrogen-bond acceptors (Lipinski definition) is 1. The van der Waals surface area contributed by atoms with Crippen LogP contribution in [0.2, 0.25) is 19.6 Å². The number of aromatic amines is 1. The fourth-order valence-electron chi connectivity index (χ4n) is 1.50. The van der Waals surface area contributed by atoms with Crippen LogP contribution in [0.25, 0.3) is 10.9 Å². The van der Waals surface area contributed by atoms with Crippen molar-refractivity contribution < 1.29 is 0 Å². The lowest BCUT2D eigenvalue weighted by Gasteiger charge is -2.03. The number of fused-ring (bicyclic) bond motifs is 1. The molecule has 0 saturated carbocycles. The molecule has 0 saturated heterocycles. The summed E-state index contributed by atoms with van der Waals surface area (Å²) < 4.78 is 0. The van der Waals surface area contributed by atoms with Crippen LogP contribution in [-0.4, -0.2) is 13.1 Å². The van der Waals surface area contributed by atoms with Gasteiger partial charge in [0, 0.05) is 5.52 Å². The zero-order valence-electron chi connectivity index (χ0n) is 10.3. The number of rotatable bonds is 0. The van der Waals surface area contributed by atoms with Crippen molar-refractivity contribution in [1.29, 1.82) is 0 Å². The molecule has 0 amide bonds. The number of aromatic nitrogens is 1. The minimum absolute atomic E-state index is 0.102. The van der Waals surface area contributed by atoms with Crippen molar-refractivity contribution in [2.75, 3.05) is 0 Å². The van der Waals surface area contributed by atoms with Gasteiger partial charge in [-0.25, -0.2) is 0 Å². The summed E-state index contributed by atoms with van der Waals surface area (Å²) >= 11 is 0. The largest absolute Gasteiger partial charge is 0.321 e. The van der Waals surface area contributed by atoms with Crippen LogP contribution in [0.4, 0.5) is 0 Å². The van der Waals surface area contributed by atoms with Crippen LogP contribution in [-0.2, 0) is 0 Å². The van der Waals surface area contributed by atoms with E-state index in [1.54, 1.807) is 0 Å². The maximum atomic E-state index is 11.8. The lowest BCUT2D eigenvalue weighted by atomic mass is 10.2. The molecule has 0 radical (unpaired) electrons. The molecule has 1 aromatic heterocycles. The van der Waals surface area contributed by atoms with E-state index in [9.17, 15) is 4.79 Å². The van der Waals surface area contributed by atoms with Gasteiger partial charge in [0.1, 0.15) is 8.07 Å². The summed E-state index contributed by atoms with van der Waals surface area (Å²) in [5.41, 5.74) is 4.53. The Morgan fingerprint density at radius 1 is 1.18 bits per heavy atom. The highest BCUT2D eigenvalue weighted by Gasteiger charge is 2.08. The van der Waals surface area contributed by atoms with Crippen molar-refractivity contribution in [3.8, 4) is 11.5 Å². The van der Waals surface area contributed by atoms with Gasteiger partial charge in [-0.05, 0) is 17.5 Å². The van der Waals surface area contributed by atoms with Crippen molar-refractivity contribution in [2.45, 2.75) is 19.6 Å². The molecule has 0 spiro atoms. The Kier molecular flexibility index (Phi) is 2.91. The monoisotopic (exact) mass is 241 g/mol. The van der Waals surface area contributed by atoms with Crippen LogP contribution in [0.3, 0.4) is 0 Å². The van der Waals surface area contributed by atoms with Gasteiger partial charge in [-0.1, -0.05) is 43.8 Å². The maximum Gasteiger partial charge on any atom is 0.264 e. The van der Waals surface area contributed by atoms with Crippen LogP contribution in [0.15, 0.2) is 35.1 Å². The minimum Gasteiger partial charge on any atom is -0.321 e. The summed E-state index contributed by atoms with van der Waals surface area (Å²) in [6, 6.07) is 9.60. The molecule has 2 rings (SSSR count). The van der Waals surface area contributed by atoms with Gasteiger partial charge < -0.3 is 4.98 Å². The number of para-hydroxylation sites is 1. The average Bonchev–Trinajstić information content (AvgIpc) is 2.25. The van der Waals surface area contributed by atoms with Crippen molar-refractivity contribution in [3.05, 3.63) is 46.2 Å². The summed E-state index contributed by atoms with van der Waals surface area (Å²) in [7, 11) is -1.44. The molecule has 0 unspecified atom stereocenters. The van der Waals surface area contributed by atoms with Gasteiger partial charge in [0.15, 0.2) is 0 Å². The molecule has 0 bridgehead atoms. The Morgan fingerprint density at radius 3 is 2.59 bits per heavy atom. The van der Waals surface area contributed by atoms with Crippen LogP contribution < -0.4 is 5.56 Å². The zero-order valence-corrected chi connectivity index (χ0v) is 11.3. The van der Waals surface area contributed by atoms with Crippen molar-refractivity contribution >= 4 is 19.0 Å². The highest BCUT2D eigenvalue weighted by Crippen LogP contribution is 2.09. The van der Waals surface area contributed by atoms with E-state index >= 15 is 0 Å². The van der Waals surface area contributed by atoms with E-state index in [0.717, 1.165) is 10.9 Å². The van der Waals surface area contributed by atoms with Crippen molar-refractivity contribution in [2.24, 2.45) is 0 Å². The van der Waals surface area contributed by atoms with Gasteiger partial charge in [0.25, 0.3) is 5.56 Å². The number of H-pyrrole nitrogens is 1. The van der Waals surface area contributed by atoms with Gasteiger partial charge in [-0.15, -0.1) is 5.54 Å². The summed E-state index contributed by atoms with van der Waals surface area (Å²) in [4.78, 5) is 14.7. The van der Waals surface area contributed by atoms with Crippen LogP contribution >= 0.6 is 0 Å². The van der Waals surface area contributed by atoms with Gasteiger partial charge >= 0.3 is 0 Å². The topological polar surface area (TPSA) is 32.9 Å². The van der Waals surface area contributed by atoms with E-state index in [0.29, 0.717) is 5.56 Å². The molecule has 0 atom stereocenters. The maximum absolute atomic E-state index is 11.8. The lowest BCUT2D eigenvalue weighted by molar-refractivity contribution is 1.29. The lowest BCUT2D eigenvalue weighted by Crippen LogP contribution is -2.17. The standard InChI is InChI=1S/C14H15NOSi/c1-17(2,3)9-8-12-10-11-6-4-5-7-13(11)15-14(12)16/h4-7,10H,1-3H3,(H,15,16). The van der Waals surface area contributed by atoms with Gasteiger partial charge in [-0.2, -0.15) is 0 Å². The first-order valence-electron chi connectivity index (χ1n) is 5.61. The van der Waals surface area contributed by atoms with E-state index in [2.05, 4.69) is 36.1 Å². The number of nitrogens with one attached hydrogen (secondary N) is 1. The third kappa shape index (κ3) is 2.86.